The summed E-state index contributed by atoms with van der Waals surface area (Å²) in [5, 5.41) is 4.52. The van der Waals surface area contributed by atoms with Crippen LogP contribution in [0.2, 0.25) is 0 Å². The van der Waals surface area contributed by atoms with Crippen molar-refractivity contribution in [3.05, 3.63) is 24.5 Å². The van der Waals surface area contributed by atoms with E-state index in [2.05, 4.69) is 42.1 Å². The van der Waals surface area contributed by atoms with Crippen LogP contribution in [0.4, 0.5) is 5.69 Å². The van der Waals surface area contributed by atoms with Gasteiger partial charge in [-0.3, -0.25) is 0 Å². The third kappa shape index (κ3) is 6.85. The summed E-state index contributed by atoms with van der Waals surface area (Å²) in [6, 6.07) is 4.13. The summed E-state index contributed by atoms with van der Waals surface area (Å²) in [5.74, 6) is 0. The molecule has 0 radical (unpaired) electrons. The number of rotatable bonds is 1. The number of fused-ring (bicyclic) bond motifs is 1. The van der Waals surface area contributed by atoms with E-state index in [9.17, 15) is 0 Å². The van der Waals surface area contributed by atoms with Gasteiger partial charge in [-0.2, -0.15) is 0 Å². The molecule has 0 atom stereocenters. The Morgan fingerprint density at radius 3 is 2.21 bits per heavy atom. The van der Waals surface area contributed by atoms with Gasteiger partial charge in [-0.15, -0.1) is 0 Å². The topological polar surface area (TPSA) is 40.7 Å². The number of hydrogen-bond donors (Lipinski definition) is 2. The largest absolute Gasteiger partial charge is 0.379 e. The highest BCUT2D eigenvalue weighted by molar-refractivity contribution is 5.78. The summed E-state index contributed by atoms with van der Waals surface area (Å²) < 4.78 is 0. The second-order valence-corrected chi connectivity index (χ2v) is 4.51. The molecule has 2 aromatic heterocycles. The van der Waals surface area contributed by atoms with Gasteiger partial charge in [0.1, 0.15) is 5.65 Å². The van der Waals surface area contributed by atoms with Crippen molar-refractivity contribution < 1.29 is 0 Å². The lowest BCUT2D eigenvalue weighted by atomic mass is 10.1. The number of nitrogens with one attached hydrogen (secondary N) is 2. The lowest BCUT2D eigenvalue weighted by Gasteiger charge is -2.21. The van der Waals surface area contributed by atoms with Crippen molar-refractivity contribution in [1.29, 1.82) is 0 Å². The van der Waals surface area contributed by atoms with Gasteiger partial charge in [0, 0.05) is 17.1 Å². The molecule has 0 spiro atoms. The Labute approximate surface area is 118 Å². The van der Waals surface area contributed by atoms with E-state index in [-0.39, 0.29) is 13.0 Å². The number of nitrogens with zero attached hydrogens (tertiary/aromatic N) is 1. The normalized spacial score (nSPS) is 9.42. The minimum Gasteiger partial charge on any atom is -0.379 e. The maximum absolute atomic E-state index is 4.31. The second kappa shape index (κ2) is 9.42. The van der Waals surface area contributed by atoms with Gasteiger partial charge in [0.2, 0.25) is 0 Å². The van der Waals surface area contributed by atoms with Gasteiger partial charge < -0.3 is 10.3 Å². The first kappa shape index (κ1) is 19.8. The molecule has 0 aliphatic rings. The van der Waals surface area contributed by atoms with Crippen LogP contribution in [-0.4, -0.2) is 15.5 Å². The minimum atomic E-state index is 0. The summed E-state index contributed by atoms with van der Waals surface area (Å²) >= 11 is 0. The highest BCUT2D eigenvalue weighted by atomic mass is 15.0. The second-order valence-electron chi connectivity index (χ2n) is 4.51. The molecule has 2 N–H and O–H groups in total. The van der Waals surface area contributed by atoms with Crippen LogP contribution < -0.4 is 5.32 Å². The molecular formula is C16H31N3. The predicted molar refractivity (Wildman–Crippen MR) is 88.9 cm³/mol. The van der Waals surface area contributed by atoms with Crippen LogP contribution in [0.15, 0.2) is 24.5 Å². The van der Waals surface area contributed by atoms with Gasteiger partial charge in [-0.1, -0.05) is 35.1 Å². The van der Waals surface area contributed by atoms with Crippen molar-refractivity contribution >= 4 is 16.7 Å². The molecule has 110 valence electrons. The van der Waals surface area contributed by atoms with E-state index >= 15 is 0 Å². The molecule has 0 aromatic carbocycles. The first-order chi connectivity index (χ1) is 8.54. The number of anilines is 1. The third-order valence-electron chi connectivity index (χ3n) is 1.92. The molecule has 0 saturated carbocycles. The van der Waals surface area contributed by atoms with Crippen LogP contribution in [-0.2, 0) is 0 Å². The van der Waals surface area contributed by atoms with Crippen LogP contribution in [0.1, 0.15) is 55.9 Å². The lowest BCUT2D eigenvalue weighted by molar-refractivity contribution is 0.634. The standard InChI is InChI=1S/C11H15N3.2C2H6.CH4/c1-11(2,3)14-9-6-8-4-5-12-10(8)13-7-9;2*1-2;/h4-7,14H,1-3H3,(H,12,13);2*1-2H3;1H4. The minimum absolute atomic E-state index is 0. The number of aromatic nitrogens is 2. The summed E-state index contributed by atoms with van der Waals surface area (Å²) in [5.41, 5.74) is 2.07. The van der Waals surface area contributed by atoms with Crippen molar-refractivity contribution in [1.82, 2.24) is 9.97 Å². The molecule has 3 nitrogen and oxygen atoms in total. The number of H-pyrrole nitrogens is 1. The molecule has 3 heteroatoms. The molecule has 0 fully saturated rings. The van der Waals surface area contributed by atoms with Gasteiger partial charge >= 0.3 is 0 Å². The van der Waals surface area contributed by atoms with E-state index in [0.717, 1.165) is 16.7 Å². The van der Waals surface area contributed by atoms with Gasteiger partial charge in [0.15, 0.2) is 0 Å². The Hall–Kier alpha value is -1.51. The fourth-order valence-electron chi connectivity index (χ4n) is 1.44. The van der Waals surface area contributed by atoms with Crippen molar-refractivity contribution in [3.63, 3.8) is 0 Å². The third-order valence-corrected chi connectivity index (χ3v) is 1.92. The highest BCUT2D eigenvalue weighted by Gasteiger charge is 2.09. The molecule has 0 aliphatic carbocycles. The molecule has 19 heavy (non-hydrogen) atoms. The average Bonchev–Trinajstić information content (AvgIpc) is 2.79. The first-order valence-electron chi connectivity index (χ1n) is 6.76. The van der Waals surface area contributed by atoms with Crippen LogP contribution >= 0.6 is 0 Å². The number of aromatic amines is 1. The summed E-state index contributed by atoms with van der Waals surface area (Å²) in [7, 11) is 0. The molecule has 2 heterocycles. The molecule has 0 saturated heterocycles. The molecular weight excluding hydrogens is 234 g/mol. The van der Waals surface area contributed by atoms with Crippen LogP contribution in [0, 0.1) is 0 Å². The van der Waals surface area contributed by atoms with Crippen LogP contribution in [0.3, 0.4) is 0 Å². The maximum atomic E-state index is 4.31. The Bertz CT molecular complexity index is 438. The predicted octanol–water partition coefficient (Wildman–Crippen LogP) is 5.46. The molecule has 2 aromatic rings. The zero-order chi connectivity index (χ0) is 14.2. The smallest absolute Gasteiger partial charge is 0.137 e. The monoisotopic (exact) mass is 265 g/mol. The van der Waals surface area contributed by atoms with Gasteiger partial charge in [0.25, 0.3) is 0 Å². The summed E-state index contributed by atoms with van der Waals surface area (Å²) in [6.45, 7) is 14.4. The van der Waals surface area contributed by atoms with E-state index in [0.29, 0.717) is 0 Å². The SMILES string of the molecule is C.CC.CC.CC(C)(C)Nc1cnc2[nH]ccc2c1. The van der Waals surface area contributed by atoms with Crippen molar-refractivity contribution in [2.75, 3.05) is 5.32 Å². The van der Waals surface area contributed by atoms with E-state index < -0.39 is 0 Å². The fraction of sp³-hybridized carbons (Fsp3) is 0.562. The zero-order valence-corrected chi connectivity index (χ0v) is 12.8. The quantitative estimate of drug-likeness (QED) is 0.718. The molecule has 0 amide bonds. The fourth-order valence-corrected chi connectivity index (χ4v) is 1.44. The molecule has 0 bridgehead atoms. The van der Waals surface area contributed by atoms with Crippen molar-refractivity contribution in [3.8, 4) is 0 Å². The lowest BCUT2D eigenvalue weighted by Crippen LogP contribution is -2.26. The van der Waals surface area contributed by atoms with Crippen LogP contribution in [0.5, 0.6) is 0 Å². The van der Waals surface area contributed by atoms with E-state index in [1.807, 2.05) is 46.2 Å². The number of pyridine rings is 1. The maximum Gasteiger partial charge on any atom is 0.137 e. The Morgan fingerprint density at radius 1 is 1.11 bits per heavy atom. The van der Waals surface area contributed by atoms with E-state index in [1.54, 1.807) is 0 Å². The Morgan fingerprint density at radius 2 is 1.68 bits per heavy atom. The highest BCUT2D eigenvalue weighted by Crippen LogP contribution is 2.18. The van der Waals surface area contributed by atoms with E-state index in [1.165, 1.54) is 0 Å². The molecule has 0 unspecified atom stereocenters. The van der Waals surface area contributed by atoms with Gasteiger partial charge in [-0.05, 0) is 32.9 Å². The number of hydrogen-bond acceptors (Lipinski definition) is 2. The zero-order valence-electron chi connectivity index (χ0n) is 12.8. The Balaban J connectivity index is 0. The summed E-state index contributed by atoms with van der Waals surface area (Å²) in [4.78, 5) is 7.38. The van der Waals surface area contributed by atoms with E-state index in [4.69, 9.17) is 0 Å². The summed E-state index contributed by atoms with van der Waals surface area (Å²) in [6.07, 6.45) is 3.75. The van der Waals surface area contributed by atoms with Gasteiger partial charge in [-0.25, -0.2) is 4.98 Å². The van der Waals surface area contributed by atoms with Crippen molar-refractivity contribution in [2.45, 2.75) is 61.4 Å². The molecule has 0 aliphatic heterocycles. The van der Waals surface area contributed by atoms with Crippen molar-refractivity contribution in [2.24, 2.45) is 0 Å². The van der Waals surface area contributed by atoms with Gasteiger partial charge in [0.05, 0.1) is 11.9 Å². The Kier molecular flexibility index (Phi) is 9.83. The molecule has 2 rings (SSSR count). The average molecular weight is 265 g/mol. The van der Waals surface area contributed by atoms with Crippen LogP contribution in [0.25, 0.3) is 11.0 Å². The first-order valence-corrected chi connectivity index (χ1v) is 6.76.